The van der Waals surface area contributed by atoms with Crippen molar-refractivity contribution in [2.24, 2.45) is 63.4 Å². The molecule has 0 aromatic carbocycles. The SMILES string of the molecule is CC[C@H](C)[C@H](NC(=O)[C@H](CC(C)C)NC(=O)[C@@H](NC(=O)CNC(=O)[C@H](C)NC(=O)[C@@H](N)CS)C(C)C)C(=O)N[C@H](C(=O)N[C@@H](CC(N)=O)C(=O)N[C@@H](CC(C)C)C(=O)N[C@@H](CC(C)C)C(=O)N[C@@H](CO)C(=O)N[C@@H](CCCN=C(N)N)C(=O)N[C@@H](CO)C(=O)N[C@H](C(=O)N1CCC[C@H]1C(=O)N[C@@H](Cc1cnc[nH]1)C(=O)O)[C@@H](C)O)[C@@H](C)CC. The molecule has 0 saturated carbocycles. The molecule has 666 valence electrons. The zero-order valence-corrected chi connectivity index (χ0v) is 70.6. The van der Waals surface area contributed by atoms with Crippen molar-refractivity contribution in [2.75, 3.05) is 38.6 Å². The third kappa shape index (κ3) is 35.5. The molecule has 1 aromatic rings. The number of aliphatic carboxylic acids is 1. The van der Waals surface area contributed by atoms with Crippen LogP contribution in [-0.4, -0.2) is 277 Å². The maximum absolute atomic E-state index is 14.6. The van der Waals surface area contributed by atoms with Gasteiger partial charge in [-0.1, -0.05) is 95.9 Å². The topological polar surface area (TPSA) is 688 Å². The average Bonchev–Trinajstić information content (AvgIpc) is 1.38. The van der Waals surface area contributed by atoms with Gasteiger partial charge in [0.1, 0.15) is 84.6 Å². The number of aliphatic hydroxyl groups excluding tert-OH is 3. The van der Waals surface area contributed by atoms with E-state index in [0.717, 1.165) is 11.8 Å². The summed E-state index contributed by atoms with van der Waals surface area (Å²) in [6, 6.07) is -22.3. The zero-order valence-electron chi connectivity index (χ0n) is 69.7. The van der Waals surface area contributed by atoms with E-state index < -0.39 is 241 Å². The highest BCUT2D eigenvalue weighted by molar-refractivity contribution is 7.80. The lowest BCUT2D eigenvalue weighted by molar-refractivity contribution is -0.146. The molecule has 1 aliphatic heterocycles. The molecule has 1 fully saturated rings. The van der Waals surface area contributed by atoms with Gasteiger partial charge >= 0.3 is 5.97 Å². The largest absolute Gasteiger partial charge is 0.480 e. The second-order valence-corrected chi connectivity index (χ2v) is 31.5. The summed E-state index contributed by atoms with van der Waals surface area (Å²) in [6.07, 6.45) is 0.281. The van der Waals surface area contributed by atoms with Crippen LogP contribution in [0.15, 0.2) is 17.5 Å². The highest BCUT2D eigenvalue weighted by Crippen LogP contribution is 2.22. The van der Waals surface area contributed by atoms with Crippen molar-refractivity contribution in [3.05, 3.63) is 18.2 Å². The number of H-pyrrole nitrogens is 1. The first-order valence-corrected chi connectivity index (χ1v) is 40.2. The van der Waals surface area contributed by atoms with Gasteiger partial charge < -0.3 is 128 Å². The van der Waals surface area contributed by atoms with E-state index >= 15 is 0 Å². The molecule has 1 aromatic heterocycles. The Morgan fingerprint density at radius 3 is 1.42 bits per heavy atom. The van der Waals surface area contributed by atoms with Crippen LogP contribution in [0.2, 0.25) is 0 Å². The number of likely N-dealkylation sites (tertiary alicyclic amines) is 1. The van der Waals surface area contributed by atoms with Gasteiger partial charge in [0.05, 0.1) is 44.7 Å². The van der Waals surface area contributed by atoms with Gasteiger partial charge in [-0.05, 0) is 94.3 Å². The number of carbonyl (C=O) groups is 17. The van der Waals surface area contributed by atoms with Crippen molar-refractivity contribution in [2.45, 2.75) is 264 Å². The number of hydrogen-bond acceptors (Lipinski definition) is 24. The summed E-state index contributed by atoms with van der Waals surface area (Å²) < 4.78 is 0. The fraction of sp³-hybridized carbons (Fsp3) is 0.716. The van der Waals surface area contributed by atoms with Crippen molar-refractivity contribution in [1.29, 1.82) is 0 Å². The molecule has 118 heavy (non-hydrogen) atoms. The molecule has 0 aliphatic carbocycles. The molecule has 1 saturated heterocycles. The van der Waals surface area contributed by atoms with E-state index in [9.17, 15) is 102 Å². The number of carboxylic acid groups (broad SMARTS) is 1. The van der Waals surface area contributed by atoms with Gasteiger partial charge in [0, 0.05) is 37.2 Å². The number of thiol groups is 1. The second-order valence-electron chi connectivity index (χ2n) is 31.2. The lowest BCUT2D eigenvalue weighted by Crippen LogP contribution is -2.63. The van der Waals surface area contributed by atoms with Crippen molar-refractivity contribution < 1.29 is 102 Å². The van der Waals surface area contributed by atoms with Crippen molar-refractivity contribution in [3.8, 4) is 0 Å². The highest BCUT2D eigenvalue weighted by atomic mass is 32.1. The Balaban J connectivity index is 2.41. The monoisotopic (exact) mass is 1690 g/mol. The normalized spacial score (nSPS) is 17.0. The quantitative estimate of drug-likeness (QED) is 0.0125. The Morgan fingerprint density at radius 1 is 0.542 bits per heavy atom. The number of carbonyl (C=O) groups excluding carboxylic acids is 16. The van der Waals surface area contributed by atoms with E-state index in [2.05, 4.69) is 102 Å². The molecule has 2 heterocycles. The lowest BCUT2D eigenvalue weighted by Gasteiger charge is -2.31. The molecular weight excluding hydrogens is 1570 g/mol. The smallest absolute Gasteiger partial charge is 0.326 e. The van der Waals surface area contributed by atoms with Crippen LogP contribution in [0, 0.1) is 35.5 Å². The van der Waals surface area contributed by atoms with Crippen LogP contribution in [-0.2, 0) is 87.9 Å². The highest BCUT2D eigenvalue weighted by Gasteiger charge is 2.43. The molecule has 0 spiro atoms. The summed E-state index contributed by atoms with van der Waals surface area (Å²) >= 11 is 3.97. The van der Waals surface area contributed by atoms with Crippen LogP contribution in [0.25, 0.3) is 0 Å². The zero-order chi connectivity index (χ0) is 89.7. The number of guanidine groups is 1. The van der Waals surface area contributed by atoms with E-state index in [-0.39, 0.29) is 100 Å². The summed E-state index contributed by atoms with van der Waals surface area (Å²) in [4.78, 5) is 245. The summed E-state index contributed by atoms with van der Waals surface area (Å²) in [5.74, 6) is -19.8. The molecule has 0 radical (unpaired) electrons. The minimum atomic E-state index is -1.90. The maximum atomic E-state index is 14.6. The Labute approximate surface area is 692 Å². The number of aliphatic imine (C=N–C) groups is 1. The van der Waals surface area contributed by atoms with Crippen molar-refractivity contribution in [3.63, 3.8) is 0 Å². The summed E-state index contributed by atoms with van der Waals surface area (Å²) in [7, 11) is 0. The van der Waals surface area contributed by atoms with Crippen LogP contribution in [0.1, 0.15) is 167 Å². The molecular formula is C74H128N22O21S. The number of amides is 16. The van der Waals surface area contributed by atoms with Gasteiger partial charge in [0.25, 0.3) is 0 Å². The van der Waals surface area contributed by atoms with Crippen LogP contribution >= 0.6 is 12.6 Å². The number of nitrogens with one attached hydrogen (secondary N) is 15. The van der Waals surface area contributed by atoms with Crippen molar-refractivity contribution >= 4 is 119 Å². The number of nitrogens with two attached hydrogens (primary N) is 4. The number of hydrogen-bond donors (Lipinski definition) is 24. The fourth-order valence-electron chi connectivity index (χ4n) is 12.2. The van der Waals surface area contributed by atoms with Crippen molar-refractivity contribution in [1.82, 2.24) is 89.3 Å². The molecule has 16 amide bonds. The molecule has 27 N–H and O–H groups in total. The third-order valence-corrected chi connectivity index (χ3v) is 19.7. The van der Waals surface area contributed by atoms with E-state index in [0.29, 0.717) is 12.1 Å². The summed E-state index contributed by atoms with van der Waals surface area (Å²) in [5.41, 5.74) is 22.7. The molecule has 43 nitrogen and oxygen atoms in total. The first-order chi connectivity index (χ1) is 55.2. The van der Waals surface area contributed by atoms with Gasteiger partial charge in [0.15, 0.2) is 5.96 Å². The van der Waals surface area contributed by atoms with Crippen LogP contribution in [0.4, 0.5) is 0 Å². The van der Waals surface area contributed by atoms with Gasteiger partial charge in [-0.25, -0.2) is 9.78 Å². The molecule has 18 atom stereocenters. The minimum Gasteiger partial charge on any atom is -0.480 e. The van der Waals surface area contributed by atoms with Gasteiger partial charge in [0.2, 0.25) is 94.5 Å². The lowest BCUT2D eigenvalue weighted by atomic mass is 9.94. The Hall–Kier alpha value is -10.3. The fourth-order valence-corrected chi connectivity index (χ4v) is 12.4. The van der Waals surface area contributed by atoms with Gasteiger partial charge in [-0.2, -0.15) is 12.6 Å². The summed E-state index contributed by atoms with van der Waals surface area (Å²) in [5, 5.41) is 76.6. The maximum Gasteiger partial charge on any atom is 0.326 e. The second kappa shape index (κ2) is 51.8. The van der Waals surface area contributed by atoms with Gasteiger partial charge in [-0.15, -0.1) is 0 Å². The predicted molar refractivity (Wildman–Crippen MR) is 432 cm³/mol. The number of aliphatic hydroxyl groups is 3. The predicted octanol–water partition coefficient (Wildman–Crippen LogP) is -7.10. The van der Waals surface area contributed by atoms with Crippen LogP contribution in [0.3, 0.4) is 0 Å². The Kier molecular flexibility index (Phi) is 45.5. The van der Waals surface area contributed by atoms with E-state index in [1.165, 1.54) is 19.4 Å². The number of carboxylic acids is 1. The number of imidazole rings is 1. The Morgan fingerprint density at radius 2 is 0.975 bits per heavy atom. The standard InChI is InChI=1S/C74H128N22O21S/c1-15-38(11)56(94-71(114)57(39(12)16-2)93-65(108)47(25-36(7)8)87-69(112)55(37(9)10)92-54(101)29-81-59(102)40(13)83-60(103)43(75)32-118)70(113)88-48(27-53(76)100)64(107)86-45(23-34(3)4)62(105)85-46(24-35(5)6)63(106)91-50(30-97)66(109)84-44(19-17-21-80-74(77)78)61(104)90-51(31-98)67(110)95-58(41(14)99)72(115)96-22-18-20-52(96)68(111)89-49(73(116)117)26-42-28-79-33-82-42/h28,33-41,43-52,55-58,97-99,118H,15-27,29-32,75H2,1-14H3,(H2,76,100)(H,79,82)(H,81,102)(H,83,103)(H,84,109)(H,85,105)(H,86,107)(H,87,112)(H,88,113)(H,89,111)(H,90,104)(H,91,106)(H,92,101)(H,93,108)(H,94,114)(H,95,110)(H,116,117)(H4,77,78,80)/t38-,39-,40-,41+,43-,44-,45-,46-,47-,48-,49-,50-,51-,52-,55-,56-,57-,58-/m0/s1. The summed E-state index contributed by atoms with van der Waals surface area (Å²) in [6.45, 7) is 19.7. The third-order valence-electron chi connectivity index (χ3n) is 19.3. The molecule has 0 bridgehead atoms. The van der Waals surface area contributed by atoms with E-state index in [1.807, 2.05) is 0 Å². The first kappa shape index (κ1) is 104. The average molecular weight is 1690 g/mol. The number of rotatable bonds is 53. The number of nitrogens with zero attached hydrogens (tertiary/aromatic N) is 3. The van der Waals surface area contributed by atoms with Gasteiger partial charge in [-0.3, -0.25) is 81.7 Å². The molecule has 2 rings (SSSR count). The first-order valence-electron chi connectivity index (χ1n) is 39.6. The van der Waals surface area contributed by atoms with E-state index in [4.69, 9.17) is 22.9 Å². The molecule has 0 unspecified atom stereocenters. The number of aromatic nitrogens is 2. The number of primary amides is 1. The number of aromatic amines is 1. The molecule has 1 aliphatic rings. The minimum absolute atomic E-state index is 0.0119. The van der Waals surface area contributed by atoms with Crippen LogP contribution < -0.4 is 97.4 Å². The Bertz CT molecular complexity index is 3590. The molecule has 44 heteroatoms. The van der Waals surface area contributed by atoms with Crippen LogP contribution in [0.5, 0.6) is 0 Å². The van der Waals surface area contributed by atoms with E-state index in [1.54, 1.807) is 83.1 Å².